The molecule has 3 aliphatic carbocycles. The fourth-order valence-corrected chi connectivity index (χ4v) is 8.30. The van der Waals surface area contributed by atoms with Gasteiger partial charge in [0.1, 0.15) is 0 Å². The molecule has 3 fully saturated rings. The van der Waals surface area contributed by atoms with Gasteiger partial charge in [0.05, 0.1) is 21.9 Å². The second kappa shape index (κ2) is 10.1. The van der Waals surface area contributed by atoms with Crippen molar-refractivity contribution in [3.8, 4) is 0 Å². The Morgan fingerprint density at radius 3 is 2.55 bits per heavy atom. The number of nitrogens with two attached hydrogens (primary N) is 1. The minimum absolute atomic E-state index is 0.268. The molecule has 4 rings (SSSR count). The van der Waals surface area contributed by atoms with E-state index in [-0.39, 0.29) is 5.41 Å². The standard InChI is InChI=1S/C28H41NO3S/c1-20(14-16-33(29,32)25-8-4-3-5-9-25)26-12-13-27-22(7-6-15-28(26,27)2)11-10-21-17-23(30)19-24(31)18-21/h3-5,8-11,16,20,23-24,26-27,30-31H,6-7,12-15,17-19H2,1-2H3,(H2,29,32)/b22-11+/t20-,23-,24-,26-,27+,28-,33?/m1/s1. The van der Waals surface area contributed by atoms with Crippen LogP contribution in [0, 0.1) is 23.2 Å². The number of allylic oxidation sites excluding steroid dienone is 3. The molecule has 1 aromatic carbocycles. The van der Waals surface area contributed by atoms with Gasteiger partial charge < -0.3 is 10.2 Å². The molecule has 1 aromatic rings. The van der Waals surface area contributed by atoms with Crippen LogP contribution in [0.4, 0.5) is 0 Å². The summed E-state index contributed by atoms with van der Waals surface area (Å²) < 4.78 is 13.1. The maximum Gasteiger partial charge on any atom is 0.0602 e. The lowest BCUT2D eigenvalue weighted by Gasteiger charge is -2.44. The van der Waals surface area contributed by atoms with Crippen molar-refractivity contribution < 1.29 is 14.4 Å². The van der Waals surface area contributed by atoms with Crippen LogP contribution in [0.25, 0.3) is 0 Å². The number of hydrogen-bond donors (Lipinski definition) is 3. The van der Waals surface area contributed by atoms with Crippen molar-refractivity contribution in [2.75, 3.05) is 0 Å². The van der Waals surface area contributed by atoms with Crippen LogP contribution in [0.3, 0.4) is 0 Å². The third-order valence-corrected chi connectivity index (χ3v) is 10.3. The Bertz CT molecular complexity index is 995. The second-order valence-electron chi connectivity index (χ2n) is 11.0. The average molecular weight is 472 g/mol. The molecule has 0 heterocycles. The fourth-order valence-electron chi connectivity index (χ4n) is 6.93. The number of aliphatic hydroxyl groups excluding tert-OH is 2. The van der Waals surface area contributed by atoms with E-state index in [0.29, 0.717) is 41.9 Å². The minimum Gasteiger partial charge on any atom is -0.393 e. The Morgan fingerprint density at radius 1 is 1.15 bits per heavy atom. The van der Waals surface area contributed by atoms with E-state index in [1.54, 1.807) is 0 Å². The van der Waals surface area contributed by atoms with Crippen molar-refractivity contribution in [1.29, 1.82) is 0 Å². The Kier molecular flexibility index (Phi) is 7.54. The van der Waals surface area contributed by atoms with Crippen LogP contribution in [-0.4, -0.2) is 32.0 Å². The van der Waals surface area contributed by atoms with Gasteiger partial charge in [-0.15, -0.1) is 0 Å². The smallest absolute Gasteiger partial charge is 0.0602 e. The molecule has 1 unspecified atom stereocenters. The van der Waals surface area contributed by atoms with Crippen molar-refractivity contribution in [1.82, 2.24) is 0 Å². The molecule has 4 N–H and O–H groups in total. The summed E-state index contributed by atoms with van der Waals surface area (Å²) in [7, 11) is -2.61. The zero-order valence-electron chi connectivity index (χ0n) is 20.2. The molecular weight excluding hydrogens is 430 g/mol. The van der Waals surface area contributed by atoms with E-state index < -0.39 is 21.9 Å². The highest BCUT2D eigenvalue weighted by molar-refractivity contribution is 7.99. The van der Waals surface area contributed by atoms with Crippen LogP contribution in [0.1, 0.15) is 71.6 Å². The SMILES string of the molecule is C[C@H](CC=S(N)(=O)c1ccccc1)[C@H]1CC[C@H]2/C(=C/C=C3C[C@@H](O)C[C@H](O)C3)CCC[C@]12C. The predicted octanol–water partition coefficient (Wildman–Crippen LogP) is 5.01. The maximum atomic E-state index is 13.1. The largest absolute Gasteiger partial charge is 0.393 e. The van der Waals surface area contributed by atoms with Gasteiger partial charge in [-0.05, 0) is 98.5 Å². The van der Waals surface area contributed by atoms with Gasteiger partial charge in [-0.3, -0.25) is 5.14 Å². The lowest BCUT2D eigenvalue weighted by molar-refractivity contribution is 0.0609. The van der Waals surface area contributed by atoms with Gasteiger partial charge >= 0.3 is 0 Å². The molecule has 0 bridgehead atoms. The number of hydrogen-bond acceptors (Lipinski definition) is 3. The van der Waals surface area contributed by atoms with Crippen LogP contribution < -0.4 is 5.14 Å². The molecule has 7 atom stereocenters. The zero-order chi connectivity index (χ0) is 23.6. The first-order valence-corrected chi connectivity index (χ1v) is 14.3. The van der Waals surface area contributed by atoms with E-state index in [1.807, 2.05) is 35.7 Å². The van der Waals surface area contributed by atoms with Gasteiger partial charge in [-0.1, -0.05) is 55.3 Å². The average Bonchev–Trinajstić information content (AvgIpc) is 3.13. The first-order chi connectivity index (χ1) is 15.7. The Hall–Kier alpha value is -1.40. The highest BCUT2D eigenvalue weighted by atomic mass is 32.2. The van der Waals surface area contributed by atoms with E-state index >= 15 is 0 Å². The summed E-state index contributed by atoms with van der Waals surface area (Å²) in [5.74, 6) is 1.62. The molecule has 182 valence electrons. The molecule has 0 spiro atoms. The van der Waals surface area contributed by atoms with Gasteiger partial charge in [0.2, 0.25) is 0 Å². The molecule has 0 aliphatic heterocycles. The van der Waals surface area contributed by atoms with E-state index in [4.69, 9.17) is 5.14 Å². The Morgan fingerprint density at radius 2 is 1.85 bits per heavy atom. The molecule has 3 aliphatic rings. The summed E-state index contributed by atoms with van der Waals surface area (Å²) >= 11 is 0. The van der Waals surface area contributed by atoms with Crippen molar-refractivity contribution in [2.45, 2.75) is 88.7 Å². The van der Waals surface area contributed by atoms with Crippen LogP contribution >= 0.6 is 0 Å². The topological polar surface area (TPSA) is 83.6 Å². The fraction of sp³-hybridized carbons (Fsp3) is 0.607. The van der Waals surface area contributed by atoms with Crippen LogP contribution in [-0.2, 0) is 9.71 Å². The van der Waals surface area contributed by atoms with Gasteiger partial charge in [0, 0.05) is 4.90 Å². The second-order valence-corrected chi connectivity index (χ2v) is 13.1. The lowest BCUT2D eigenvalue weighted by atomic mass is 9.61. The Balaban J connectivity index is 1.48. The molecular formula is C28H41NO3S. The molecule has 0 radical (unpaired) electrons. The molecule has 5 heteroatoms. The Labute approximate surface area is 200 Å². The van der Waals surface area contributed by atoms with E-state index in [1.165, 1.54) is 31.3 Å². The third kappa shape index (κ3) is 5.48. The van der Waals surface area contributed by atoms with Gasteiger partial charge in [-0.25, -0.2) is 4.21 Å². The van der Waals surface area contributed by atoms with E-state index in [9.17, 15) is 14.4 Å². The van der Waals surface area contributed by atoms with Gasteiger partial charge in [-0.2, -0.15) is 0 Å². The van der Waals surface area contributed by atoms with Crippen molar-refractivity contribution >= 4 is 15.1 Å². The minimum atomic E-state index is -2.61. The molecule has 0 aromatic heterocycles. The summed E-state index contributed by atoms with van der Waals surface area (Å²) in [4.78, 5) is 0.710. The number of benzene rings is 1. The van der Waals surface area contributed by atoms with Crippen LogP contribution in [0.15, 0.2) is 58.5 Å². The quantitative estimate of drug-likeness (QED) is 0.528. The maximum absolute atomic E-state index is 13.1. The summed E-state index contributed by atoms with van der Waals surface area (Å²) in [6.45, 7) is 4.77. The first-order valence-electron chi connectivity index (χ1n) is 12.6. The number of fused-ring (bicyclic) bond motifs is 1. The normalized spacial score (nSPS) is 36.2. The van der Waals surface area contributed by atoms with Crippen molar-refractivity contribution in [3.05, 3.63) is 53.6 Å². The highest BCUT2D eigenvalue weighted by Gasteiger charge is 2.50. The van der Waals surface area contributed by atoms with Gasteiger partial charge in [0.15, 0.2) is 0 Å². The third-order valence-electron chi connectivity index (χ3n) is 8.62. The monoisotopic (exact) mass is 471 g/mol. The van der Waals surface area contributed by atoms with E-state index in [0.717, 1.165) is 18.4 Å². The van der Waals surface area contributed by atoms with Crippen LogP contribution in [0.2, 0.25) is 0 Å². The lowest BCUT2D eigenvalue weighted by Crippen LogP contribution is -2.36. The highest BCUT2D eigenvalue weighted by Crippen LogP contribution is 2.59. The van der Waals surface area contributed by atoms with Gasteiger partial charge in [0.25, 0.3) is 0 Å². The van der Waals surface area contributed by atoms with E-state index in [2.05, 4.69) is 26.0 Å². The molecule has 4 nitrogen and oxygen atoms in total. The van der Waals surface area contributed by atoms with Crippen molar-refractivity contribution in [3.63, 3.8) is 0 Å². The summed E-state index contributed by atoms with van der Waals surface area (Å²) in [5, 5.41) is 28.1. The number of rotatable bonds is 5. The van der Waals surface area contributed by atoms with Crippen molar-refractivity contribution in [2.24, 2.45) is 28.3 Å². The first kappa shape index (κ1) is 24.7. The summed E-state index contributed by atoms with van der Waals surface area (Å²) in [6, 6.07) is 9.41. The molecule has 0 amide bonds. The summed E-state index contributed by atoms with van der Waals surface area (Å²) in [5.41, 5.74) is 2.97. The molecule has 33 heavy (non-hydrogen) atoms. The molecule has 0 saturated heterocycles. The van der Waals surface area contributed by atoms with Crippen LogP contribution in [0.5, 0.6) is 0 Å². The summed E-state index contributed by atoms with van der Waals surface area (Å²) in [6.07, 6.45) is 12.3. The molecule has 3 saturated carbocycles. The predicted molar refractivity (Wildman–Crippen MR) is 137 cm³/mol. The number of aliphatic hydroxyl groups is 2. The zero-order valence-corrected chi connectivity index (χ0v) is 21.0.